The smallest absolute Gasteiger partial charge is 0.209 e. The number of aliphatic hydroxyl groups excluding tert-OH is 2. The van der Waals surface area contributed by atoms with Gasteiger partial charge in [0.1, 0.15) is 34.6 Å². The van der Waals surface area contributed by atoms with Gasteiger partial charge in [0.05, 0.1) is 11.8 Å². The molecule has 0 amide bonds. The predicted molar refractivity (Wildman–Crippen MR) is 132 cm³/mol. The standard InChI is InChI=1S/C28H34O8/c1-7-9-10-12-18(29)20-21(31)15(3)23(32)27(6)22(20)26(5)24-17(14-25(4,33)28(26,34)36-27)19(30)13-16(35-24)11-8-2/h7-12,16,22,29,31,33-34H,13-14H2,1-6H3/b9-7+,11-8-,12-10+,20-18-/t16-,22-,25+,26-,27+,28+/m1/s1. The number of carbonyl (C=O) groups is 2. The summed E-state index contributed by atoms with van der Waals surface area (Å²) in [5.74, 6) is -5.18. The second-order valence-electron chi connectivity index (χ2n) is 10.5. The molecule has 4 rings (SSSR count). The molecule has 0 aromatic rings. The van der Waals surface area contributed by atoms with Gasteiger partial charge in [0.25, 0.3) is 0 Å². The first-order chi connectivity index (χ1) is 16.7. The second-order valence-corrected chi connectivity index (χ2v) is 10.5. The molecule has 2 aliphatic carbocycles. The molecule has 0 spiro atoms. The maximum Gasteiger partial charge on any atom is 0.209 e. The zero-order chi connectivity index (χ0) is 26.8. The molecule has 0 saturated carbocycles. The van der Waals surface area contributed by atoms with Crippen molar-refractivity contribution >= 4 is 11.6 Å². The van der Waals surface area contributed by atoms with Crippen molar-refractivity contribution in [2.75, 3.05) is 0 Å². The third kappa shape index (κ3) is 3.17. The summed E-state index contributed by atoms with van der Waals surface area (Å²) in [6.07, 6.45) is 8.99. The van der Waals surface area contributed by atoms with Crippen LogP contribution in [0, 0.1) is 11.3 Å². The lowest BCUT2D eigenvalue weighted by Crippen LogP contribution is -2.66. The minimum atomic E-state index is -2.41. The van der Waals surface area contributed by atoms with Crippen molar-refractivity contribution in [3.8, 4) is 0 Å². The Labute approximate surface area is 210 Å². The largest absolute Gasteiger partial charge is 0.508 e. The highest BCUT2D eigenvalue weighted by Crippen LogP contribution is 2.69. The third-order valence-electron chi connectivity index (χ3n) is 8.11. The molecular formula is C28H34O8. The van der Waals surface area contributed by atoms with Gasteiger partial charge >= 0.3 is 0 Å². The minimum absolute atomic E-state index is 0.0393. The Morgan fingerprint density at radius 1 is 1.08 bits per heavy atom. The van der Waals surface area contributed by atoms with E-state index in [0.29, 0.717) is 0 Å². The topological polar surface area (TPSA) is 134 Å². The number of hydrogen-bond donors (Lipinski definition) is 4. The minimum Gasteiger partial charge on any atom is -0.508 e. The Balaban J connectivity index is 2.09. The monoisotopic (exact) mass is 498 g/mol. The molecule has 0 aromatic heterocycles. The summed E-state index contributed by atoms with van der Waals surface area (Å²) in [4.78, 5) is 26.8. The third-order valence-corrected chi connectivity index (χ3v) is 8.11. The lowest BCUT2D eigenvalue weighted by molar-refractivity contribution is -0.332. The molecule has 1 saturated heterocycles. The van der Waals surface area contributed by atoms with E-state index in [1.807, 2.05) is 0 Å². The van der Waals surface area contributed by atoms with Crippen LogP contribution >= 0.6 is 0 Å². The van der Waals surface area contributed by atoms with E-state index in [0.717, 1.165) is 0 Å². The van der Waals surface area contributed by atoms with Crippen LogP contribution in [0.5, 0.6) is 0 Å². The highest BCUT2D eigenvalue weighted by Gasteiger charge is 2.80. The van der Waals surface area contributed by atoms with E-state index < -0.39 is 46.0 Å². The van der Waals surface area contributed by atoms with Gasteiger partial charge in [-0.1, -0.05) is 24.3 Å². The number of hydrogen-bond acceptors (Lipinski definition) is 8. The average Bonchev–Trinajstić information content (AvgIpc) is 3.00. The quantitative estimate of drug-likeness (QED) is 0.262. The first-order valence-electron chi connectivity index (χ1n) is 12.1. The summed E-state index contributed by atoms with van der Waals surface area (Å²) in [5, 5.41) is 46.0. The summed E-state index contributed by atoms with van der Waals surface area (Å²) in [5.41, 5.74) is -5.44. The average molecular weight is 499 g/mol. The fourth-order valence-electron chi connectivity index (χ4n) is 6.45. The van der Waals surface area contributed by atoms with E-state index in [-0.39, 0.29) is 46.9 Å². The van der Waals surface area contributed by atoms with Crippen molar-refractivity contribution in [1.29, 1.82) is 0 Å². The summed E-state index contributed by atoms with van der Waals surface area (Å²) < 4.78 is 12.4. The molecule has 8 heteroatoms. The van der Waals surface area contributed by atoms with E-state index in [2.05, 4.69) is 0 Å². The van der Waals surface area contributed by atoms with Gasteiger partial charge in [-0.15, -0.1) is 0 Å². The van der Waals surface area contributed by atoms with Gasteiger partial charge in [-0.25, -0.2) is 0 Å². The Hall–Kier alpha value is -2.94. The highest BCUT2D eigenvalue weighted by molar-refractivity contribution is 6.05. The SMILES string of the molecule is C/C=C\[C@@H]1CC(=O)C2=C(O1)[C@@]1(C)[C@H]3/C(=C(O)/C=C/C=C/C)C(O)=C(C)C(=O)[C@@]3(C)O[C@@]1(O)[C@@](C)(O)C2. The number of rotatable bonds is 3. The van der Waals surface area contributed by atoms with E-state index in [9.17, 15) is 30.0 Å². The molecular weight excluding hydrogens is 464 g/mol. The van der Waals surface area contributed by atoms with Gasteiger partial charge in [0.15, 0.2) is 11.6 Å². The van der Waals surface area contributed by atoms with Crippen molar-refractivity contribution < 1.29 is 39.5 Å². The Kier molecular flexibility index (Phi) is 6.02. The lowest BCUT2D eigenvalue weighted by atomic mass is 9.53. The maximum atomic E-state index is 13.6. The van der Waals surface area contributed by atoms with Gasteiger partial charge in [0.2, 0.25) is 5.79 Å². The fraction of sp³-hybridized carbons (Fsp3) is 0.500. The van der Waals surface area contributed by atoms with E-state index in [4.69, 9.17) is 9.47 Å². The zero-order valence-electron chi connectivity index (χ0n) is 21.5. The van der Waals surface area contributed by atoms with Gasteiger partial charge in [-0.05, 0) is 53.7 Å². The van der Waals surface area contributed by atoms with Gasteiger partial charge in [-0.2, -0.15) is 0 Å². The number of fused-ring (bicyclic) bond motifs is 4. The van der Waals surface area contributed by atoms with Crippen molar-refractivity contribution in [3.63, 3.8) is 0 Å². The molecule has 36 heavy (non-hydrogen) atoms. The molecule has 2 heterocycles. The van der Waals surface area contributed by atoms with Crippen LogP contribution in [0.25, 0.3) is 0 Å². The molecule has 0 bridgehead atoms. The Morgan fingerprint density at radius 3 is 2.36 bits per heavy atom. The van der Waals surface area contributed by atoms with Gasteiger partial charge in [-0.3, -0.25) is 9.59 Å². The predicted octanol–water partition coefficient (Wildman–Crippen LogP) is 3.79. The maximum absolute atomic E-state index is 13.6. The van der Waals surface area contributed by atoms with Crippen LogP contribution in [-0.2, 0) is 19.1 Å². The normalized spacial score (nSPS) is 42.3. The van der Waals surface area contributed by atoms with Crippen LogP contribution in [0.2, 0.25) is 0 Å². The number of ether oxygens (including phenoxy) is 2. The first-order valence-corrected chi connectivity index (χ1v) is 12.1. The molecule has 4 aliphatic rings. The van der Waals surface area contributed by atoms with Crippen LogP contribution in [0.4, 0.5) is 0 Å². The van der Waals surface area contributed by atoms with Crippen LogP contribution < -0.4 is 0 Å². The summed E-state index contributed by atoms with van der Waals surface area (Å²) in [6, 6.07) is 0. The molecule has 0 unspecified atom stereocenters. The number of allylic oxidation sites excluding steroid dienone is 6. The number of carbonyl (C=O) groups excluding carboxylic acids is 2. The summed E-state index contributed by atoms with van der Waals surface area (Å²) in [6.45, 7) is 9.35. The Bertz CT molecular complexity index is 1210. The summed E-state index contributed by atoms with van der Waals surface area (Å²) in [7, 11) is 0. The van der Waals surface area contributed by atoms with Crippen LogP contribution in [0.1, 0.15) is 54.4 Å². The molecule has 1 fully saturated rings. The number of ketones is 2. The first kappa shape index (κ1) is 26.1. The van der Waals surface area contributed by atoms with Crippen molar-refractivity contribution in [1.82, 2.24) is 0 Å². The molecule has 0 radical (unpaired) electrons. The van der Waals surface area contributed by atoms with Crippen LogP contribution in [-0.4, -0.2) is 55.1 Å². The molecule has 0 aromatic carbocycles. The van der Waals surface area contributed by atoms with Crippen LogP contribution in [0.3, 0.4) is 0 Å². The molecule has 8 nitrogen and oxygen atoms in total. The van der Waals surface area contributed by atoms with E-state index in [1.54, 1.807) is 51.2 Å². The zero-order valence-corrected chi connectivity index (χ0v) is 21.5. The lowest BCUT2D eigenvalue weighted by Gasteiger charge is -2.54. The number of Topliss-reactive ketones (excluding diaryl/α,β-unsaturated/α-hetero) is 2. The summed E-state index contributed by atoms with van der Waals surface area (Å²) >= 11 is 0. The van der Waals surface area contributed by atoms with Gasteiger partial charge < -0.3 is 29.9 Å². The fourth-order valence-corrected chi connectivity index (χ4v) is 6.45. The van der Waals surface area contributed by atoms with E-state index in [1.165, 1.54) is 26.8 Å². The van der Waals surface area contributed by atoms with Crippen LogP contribution in [0.15, 0.2) is 70.5 Å². The second kappa shape index (κ2) is 8.30. The van der Waals surface area contributed by atoms with Crippen molar-refractivity contribution in [2.45, 2.75) is 77.5 Å². The van der Waals surface area contributed by atoms with Crippen molar-refractivity contribution in [3.05, 3.63) is 70.5 Å². The van der Waals surface area contributed by atoms with E-state index >= 15 is 0 Å². The Morgan fingerprint density at radius 2 is 1.75 bits per heavy atom. The van der Waals surface area contributed by atoms with Crippen molar-refractivity contribution in [2.24, 2.45) is 11.3 Å². The molecule has 194 valence electrons. The molecule has 6 atom stereocenters. The highest BCUT2D eigenvalue weighted by atomic mass is 16.7. The number of aliphatic hydroxyl groups is 4. The van der Waals surface area contributed by atoms with Gasteiger partial charge in [0, 0.05) is 29.1 Å². The molecule has 4 N–H and O–H groups in total. The molecule has 2 aliphatic heterocycles.